The summed E-state index contributed by atoms with van der Waals surface area (Å²) in [5, 5.41) is 1.69. The first-order valence-electron chi connectivity index (χ1n) is 3.98. The molecule has 1 unspecified atom stereocenters. The molecule has 92 valence electrons. The minimum absolute atomic E-state index is 0. The summed E-state index contributed by atoms with van der Waals surface area (Å²) in [4.78, 5) is 10.5. The fourth-order valence-electron chi connectivity index (χ4n) is 0.630. The van der Waals surface area contributed by atoms with Crippen molar-refractivity contribution >= 4 is 18.3 Å². The summed E-state index contributed by atoms with van der Waals surface area (Å²) in [5.74, 6) is -6.59. The number of nitrogens with two attached hydrogens (primary N) is 1. The van der Waals surface area contributed by atoms with Crippen molar-refractivity contribution in [3.63, 3.8) is 0 Å². The van der Waals surface area contributed by atoms with Gasteiger partial charge in [-0.3, -0.25) is 4.79 Å². The highest BCUT2D eigenvalue weighted by molar-refractivity contribution is 5.85. The molecule has 0 rings (SSSR count). The second-order valence-corrected chi connectivity index (χ2v) is 2.95. The highest BCUT2D eigenvalue weighted by atomic mass is 35.5. The molecule has 0 bridgehead atoms. The Morgan fingerprint density at radius 1 is 1.47 bits per heavy atom. The van der Waals surface area contributed by atoms with Crippen LogP contribution in [0.2, 0.25) is 0 Å². The minimum Gasteiger partial charge on any atom is -0.351 e. The first-order valence-corrected chi connectivity index (χ1v) is 3.98. The molecule has 0 aliphatic carbocycles. The number of nitrogens with one attached hydrogen (secondary N) is 1. The molecule has 1 amide bonds. The standard InChI is InChI=1S/C7H12F4N2O.ClH/c1-4(12)2-3-13-6(14)7(10,11)5(8)9;/h4-5H,2-3,12H2,1H3,(H,13,14);1H. The topological polar surface area (TPSA) is 55.1 Å². The van der Waals surface area contributed by atoms with Gasteiger partial charge in [-0.1, -0.05) is 0 Å². The van der Waals surface area contributed by atoms with E-state index < -0.39 is 18.3 Å². The number of carbonyl (C=O) groups excluding carboxylic acids is 1. The number of amides is 1. The summed E-state index contributed by atoms with van der Waals surface area (Å²) in [6.07, 6.45) is -3.73. The summed E-state index contributed by atoms with van der Waals surface area (Å²) >= 11 is 0. The summed E-state index contributed by atoms with van der Waals surface area (Å²) in [7, 11) is 0. The van der Waals surface area contributed by atoms with Gasteiger partial charge in [0.25, 0.3) is 5.91 Å². The Morgan fingerprint density at radius 3 is 2.27 bits per heavy atom. The number of alkyl halides is 4. The molecule has 0 fully saturated rings. The van der Waals surface area contributed by atoms with Crippen molar-refractivity contribution in [1.29, 1.82) is 0 Å². The molecule has 3 N–H and O–H groups in total. The van der Waals surface area contributed by atoms with Gasteiger partial charge >= 0.3 is 12.3 Å². The molecular weight excluding hydrogens is 240 g/mol. The molecule has 1 atom stereocenters. The lowest BCUT2D eigenvalue weighted by molar-refractivity contribution is -0.169. The van der Waals surface area contributed by atoms with Crippen molar-refractivity contribution in [2.24, 2.45) is 5.73 Å². The minimum atomic E-state index is -4.63. The van der Waals surface area contributed by atoms with Crippen LogP contribution in [-0.2, 0) is 4.79 Å². The predicted octanol–water partition coefficient (Wildman–Crippen LogP) is 1.16. The molecule has 0 aliphatic rings. The fraction of sp³-hybridized carbons (Fsp3) is 0.857. The van der Waals surface area contributed by atoms with Crippen LogP contribution in [0.3, 0.4) is 0 Å². The Kier molecular flexibility index (Phi) is 7.68. The van der Waals surface area contributed by atoms with Gasteiger partial charge in [0, 0.05) is 12.6 Å². The van der Waals surface area contributed by atoms with Gasteiger partial charge in [-0.05, 0) is 13.3 Å². The van der Waals surface area contributed by atoms with Crippen LogP contribution in [0.25, 0.3) is 0 Å². The Hall–Kier alpha value is -0.560. The van der Waals surface area contributed by atoms with Crippen LogP contribution in [0.5, 0.6) is 0 Å². The zero-order valence-corrected chi connectivity index (χ0v) is 8.79. The Morgan fingerprint density at radius 2 is 1.93 bits per heavy atom. The molecule has 0 heterocycles. The number of rotatable bonds is 5. The van der Waals surface area contributed by atoms with Crippen LogP contribution in [0.15, 0.2) is 0 Å². The van der Waals surface area contributed by atoms with Crippen molar-refractivity contribution in [3.8, 4) is 0 Å². The van der Waals surface area contributed by atoms with Gasteiger partial charge in [0.1, 0.15) is 0 Å². The summed E-state index contributed by atoms with van der Waals surface area (Å²) in [6.45, 7) is 1.47. The van der Waals surface area contributed by atoms with Gasteiger partial charge in [0.05, 0.1) is 0 Å². The van der Waals surface area contributed by atoms with E-state index >= 15 is 0 Å². The molecule has 0 aromatic carbocycles. The molecule has 15 heavy (non-hydrogen) atoms. The van der Waals surface area contributed by atoms with Crippen molar-refractivity contribution < 1.29 is 22.4 Å². The van der Waals surface area contributed by atoms with Gasteiger partial charge in [-0.2, -0.15) is 8.78 Å². The molecule has 0 saturated carbocycles. The predicted molar refractivity (Wildman–Crippen MR) is 49.5 cm³/mol. The zero-order valence-electron chi connectivity index (χ0n) is 7.97. The average molecular weight is 253 g/mol. The Labute approximate surface area is 90.8 Å². The van der Waals surface area contributed by atoms with E-state index in [-0.39, 0.29) is 31.4 Å². The third-order valence-electron chi connectivity index (χ3n) is 1.46. The van der Waals surface area contributed by atoms with E-state index in [2.05, 4.69) is 0 Å². The van der Waals surface area contributed by atoms with Crippen LogP contribution in [0.1, 0.15) is 13.3 Å². The summed E-state index contributed by atoms with van der Waals surface area (Å²) in [5.41, 5.74) is 5.26. The lowest BCUT2D eigenvalue weighted by Gasteiger charge is -2.15. The number of hydrogen-bond acceptors (Lipinski definition) is 2. The highest BCUT2D eigenvalue weighted by Gasteiger charge is 2.48. The Balaban J connectivity index is 0. The van der Waals surface area contributed by atoms with Crippen LogP contribution in [0, 0.1) is 0 Å². The third-order valence-corrected chi connectivity index (χ3v) is 1.46. The zero-order chi connectivity index (χ0) is 11.4. The van der Waals surface area contributed by atoms with Crippen LogP contribution >= 0.6 is 12.4 Å². The maximum absolute atomic E-state index is 12.3. The SMILES string of the molecule is CC(N)CCNC(=O)C(F)(F)C(F)F.Cl. The average Bonchev–Trinajstić information content (AvgIpc) is 2.02. The molecule has 0 saturated heterocycles. The fourth-order valence-corrected chi connectivity index (χ4v) is 0.630. The van der Waals surface area contributed by atoms with Crippen molar-refractivity contribution in [3.05, 3.63) is 0 Å². The van der Waals surface area contributed by atoms with Gasteiger partial charge in [-0.25, -0.2) is 8.78 Å². The molecule has 0 aromatic rings. The molecular formula is C7H13ClF4N2O. The monoisotopic (exact) mass is 252 g/mol. The third kappa shape index (κ3) is 5.78. The van der Waals surface area contributed by atoms with Crippen molar-refractivity contribution in [2.45, 2.75) is 31.7 Å². The van der Waals surface area contributed by atoms with E-state index in [0.717, 1.165) is 0 Å². The molecule has 0 radical (unpaired) electrons. The van der Waals surface area contributed by atoms with Crippen molar-refractivity contribution in [1.82, 2.24) is 5.32 Å². The van der Waals surface area contributed by atoms with E-state index in [1.165, 1.54) is 0 Å². The van der Waals surface area contributed by atoms with Gasteiger partial charge in [0.2, 0.25) is 0 Å². The molecule has 3 nitrogen and oxygen atoms in total. The highest BCUT2D eigenvalue weighted by Crippen LogP contribution is 2.22. The van der Waals surface area contributed by atoms with Crippen LogP contribution < -0.4 is 11.1 Å². The number of carbonyl (C=O) groups is 1. The van der Waals surface area contributed by atoms with Gasteiger partial charge in [-0.15, -0.1) is 12.4 Å². The molecule has 0 aromatic heterocycles. The summed E-state index contributed by atoms with van der Waals surface area (Å²) < 4.78 is 47.8. The van der Waals surface area contributed by atoms with Gasteiger partial charge in [0.15, 0.2) is 0 Å². The maximum atomic E-state index is 12.3. The van der Waals surface area contributed by atoms with E-state index in [4.69, 9.17) is 5.73 Å². The second kappa shape index (κ2) is 6.84. The normalized spacial score (nSPS) is 13.3. The van der Waals surface area contributed by atoms with Crippen LogP contribution in [-0.4, -0.2) is 30.8 Å². The number of halogens is 5. The Bertz CT molecular complexity index is 201. The van der Waals surface area contributed by atoms with Crippen molar-refractivity contribution in [2.75, 3.05) is 6.54 Å². The van der Waals surface area contributed by atoms with E-state index in [0.29, 0.717) is 0 Å². The quantitative estimate of drug-likeness (QED) is 0.722. The van der Waals surface area contributed by atoms with E-state index in [9.17, 15) is 22.4 Å². The van der Waals surface area contributed by atoms with E-state index in [1.54, 1.807) is 12.2 Å². The lowest BCUT2D eigenvalue weighted by atomic mass is 10.2. The molecule has 8 heteroatoms. The molecule has 0 aliphatic heterocycles. The van der Waals surface area contributed by atoms with Gasteiger partial charge < -0.3 is 11.1 Å². The maximum Gasteiger partial charge on any atom is 0.383 e. The summed E-state index contributed by atoms with van der Waals surface area (Å²) in [6, 6.07) is -0.282. The first kappa shape index (κ1) is 16.9. The van der Waals surface area contributed by atoms with E-state index in [1.807, 2.05) is 0 Å². The first-order chi connectivity index (χ1) is 6.28. The lowest BCUT2D eigenvalue weighted by Crippen LogP contribution is -2.46. The largest absolute Gasteiger partial charge is 0.383 e. The van der Waals surface area contributed by atoms with Crippen LogP contribution in [0.4, 0.5) is 17.6 Å². The number of hydrogen-bond donors (Lipinski definition) is 2. The molecule has 0 spiro atoms. The second-order valence-electron chi connectivity index (χ2n) is 2.95. The smallest absolute Gasteiger partial charge is 0.351 e.